The Kier molecular flexibility index (Phi) is 9.58. The van der Waals surface area contributed by atoms with Gasteiger partial charge in [0.2, 0.25) is 21.8 Å². The van der Waals surface area contributed by atoms with E-state index in [2.05, 4.69) is 5.32 Å². The van der Waals surface area contributed by atoms with Crippen LogP contribution in [0.5, 0.6) is 0 Å². The molecule has 0 radical (unpaired) electrons. The van der Waals surface area contributed by atoms with Crippen LogP contribution in [0.15, 0.2) is 65.6 Å². The summed E-state index contributed by atoms with van der Waals surface area (Å²) in [5.41, 5.74) is 0.665. The lowest BCUT2D eigenvalue weighted by atomic mass is 10.1. The van der Waals surface area contributed by atoms with Gasteiger partial charge in [-0.15, -0.1) is 0 Å². The Balaban J connectivity index is 1.90. The van der Waals surface area contributed by atoms with Crippen molar-refractivity contribution in [3.05, 3.63) is 76.3 Å². The Morgan fingerprint density at radius 1 is 0.946 bits per heavy atom. The number of fused-ring (bicyclic) bond motifs is 1. The minimum absolute atomic E-state index is 0.0591. The summed E-state index contributed by atoms with van der Waals surface area (Å²) in [6, 6.07) is 16.3. The molecule has 1 atom stereocenters. The zero-order valence-corrected chi connectivity index (χ0v) is 23.6. The molecule has 0 aliphatic carbocycles. The number of carbonyl (C=O) groups excluding carboxylic acids is 2. The fraction of sp³-hybridized carbons (Fsp3) is 0.333. The Labute approximate surface area is 228 Å². The number of likely N-dealkylation sites (N-methyl/N-ethyl adjacent to an activating group) is 1. The fourth-order valence-electron chi connectivity index (χ4n) is 4.01. The summed E-state index contributed by atoms with van der Waals surface area (Å²) in [6.45, 7) is 5.08. The molecule has 3 rings (SSSR count). The quantitative estimate of drug-likeness (QED) is 0.371. The monoisotopic (exact) mass is 563 g/mol. The second-order valence-electron chi connectivity index (χ2n) is 9.13. The van der Waals surface area contributed by atoms with Crippen LogP contribution in [0.4, 0.5) is 0 Å². The zero-order valence-electron chi connectivity index (χ0n) is 21.2. The van der Waals surface area contributed by atoms with E-state index in [0.717, 1.165) is 15.1 Å². The van der Waals surface area contributed by atoms with Crippen molar-refractivity contribution in [2.75, 3.05) is 13.6 Å². The molecule has 1 unspecified atom stereocenters. The van der Waals surface area contributed by atoms with Gasteiger partial charge in [0.05, 0.1) is 21.5 Å². The summed E-state index contributed by atoms with van der Waals surface area (Å²) in [7, 11) is -2.61. The molecule has 3 aromatic carbocycles. The van der Waals surface area contributed by atoms with Gasteiger partial charge in [-0.2, -0.15) is 4.31 Å². The van der Waals surface area contributed by atoms with Gasteiger partial charge in [0.1, 0.15) is 6.04 Å². The van der Waals surface area contributed by atoms with Crippen LogP contribution in [0, 0.1) is 0 Å². The molecule has 0 spiro atoms. The summed E-state index contributed by atoms with van der Waals surface area (Å²) in [4.78, 5) is 28.0. The van der Waals surface area contributed by atoms with Gasteiger partial charge in [-0.25, -0.2) is 8.42 Å². The van der Waals surface area contributed by atoms with E-state index in [1.165, 1.54) is 18.0 Å². The molecule has 0 aromatic heterocycles. The van der Waals surface area contributed by atoms with E-state index in [0.29, 0.717) is 22.0 Å². The average Bonchev–Trinajstić information content (AvgIpc) is 2.85. The lowest BCUT2D eigenvalue weighted by Gasteiger charge is -2.32. The van der Waals surface area contributed by atoms with E-state index in [9.17, 15) is 18.0 Å². The lowest BCUT2D eigenvalue weighted by Crippen LogP contribution is -2.52. The van der Waals surface area contributed by atoms with Gasteiger partial charge in [-0.1, -0.05) is 66.5 Å². The molecule has 0 saturated heterocycles. The second kappa shape index (κ2) is 12.3. The molecular weight excluding hydrogens is 533 g/mol. The molecule has 0 bridgehead atoms. The number of nitrogens with zero attached hydrogens (tertiary/aromatic N) is 2. The van der Waals surface area contributed by atoms with Gasteiger partial charge in [-0.3, -0.25) is 9.59 Å². The summed E-state index contributed by atoms with van der Waals surface area (Å²) in [6.07, 6.45) is 0.340. The normalized spacial score (nSPS) is 12.6. The fourth-order valence-corrected chi connectivity index (χ4v) is 5.49. The minimum Gasteiger partial charge on any atom is -0.352 e. The van der Waals surface area contributed by atoms with E-state index in [-0.39, 0.29) is 23.4 Å². The number of carbonyl (C=O) groups is 2. The van der Waals surface area contributed by atoms with Crippen molar-refractivity contribution in [2.45, 2.75) is 50.7 Å². The average molecular weight is 565 g/mol. The van der Waals surface area contributed by atoms with E-state index in [1.54, 1.807) is 37.3 Å². The van der Waals surface area contributed by atoms with Gasteiger partial charge in [0.25, 0.3) is 0 Å². The molecular formula is C27H31Cl2N3O4S. The summed E-state index contributed by atoms with van der Waals surface area (Å²) in [5, 5.41) is 5.23. The highest BCUT2D eigenvalue weighted by atomic mass is 35.5. The van der Waals surface area contributed by atoms with Crippen LogP contribution in [0.25, 0.3) is 10.8 Å². The Bertz CT molecular complexity index is 1400. The number of nitrogens with one attached hydrogen (secondary N) is 1. The molecule has 0 aliphatic rings. The summed E-state index contributed by atoms with van der Waals surface area (Å²) in [5.74, 6) is -0.824. The summed E-state index contributed by atoms with van der Waals surface area (Å²) >= 11 is 12.2. The third-order valence-corrected chi connectivity index (χ3v) is 8.48. The number of benzene rings is 3. The molecule has 3 aromatic rings. The first kappa shape index (κ1) is 28.9. The molecule has 2 amide bonds. The highest BCUT2D eigenvalue weighted by Gasteiger charge is 2.32. The Morgan fingerprint density at radius 3 is 2.24 bits per heavy atom. The molecule has 0 heterocycles. The molecule has 0 aliphatic heterocycles. The van der Waals surface area contributed by atoms with Crippen molar-refractivity contribution in [3.63, 3.8) is 0 Å². The van der Waals surface area contributed by atoms with Crippen LogP contribution in [0.3, 0.4) is 0 Å². The number of hydrogen-bond donors (Lipinski definition) is 1. The molecule has 10 heteroatoms. The third-order valence-electron chi connectivity index (χ3n) is 5.94. The van der Waals surface area contributed by atoms with Crippen molar-refractivity contribution in [3.8, 4) is 0 Å². The van der Waals surface area contributed by atoms with Crippen molar-refractivity contribution in [2.24, 2.45) is 0 Å². The predicted octanol–water partition coefficient (Wildman–Crippen LogP) is 5.10. The standard InChI is InChI=1S/C27H31Cl2N3O4S/c1-5-25(27(34)30-18(2)3)32(16-19-10-13-23(28)24(29)14-19)26(33)17-31(4)37(35,36)22-12-11-20-8-6-7-9-21(20)15-22/h6-15,18,25H,5,16-17H2,1-4H3,(H,30,34). The lowest BCUT2D eigenvalue weighted by molar-refractivity contribution is -0.141. The maximum absolute atomic E-state index is 13.6. The highest BCUT2D eigenvalue weighted by molar-refractivity contribution is 7.89. The smallest absolute Gasteiger partial charge is 0.243 e. The Morgan fingerprint density at radius 2 is 1.62 bits per heavy atom. The van der Waals surface area contributed by atoms with Crippen molar-refractivity contribution >= 4 is 55.8 Å². The Hall–Kier alpha value is -2.65. The van der Waals surface area contributed by atoms with Crippen LogP contribution >= 0.6 is 23.2 Å². The van der Waals surface area contributed by atoms with Crippen molar-refractivity contribution in [1.82, 2.24) is 14.5 Å². The van der Waals surface area contributed by atoms with Crippen LogP contribution in [0.2, 0.25) is 10.0 Å². The van der Waals surface area contributed by atoms with Gasteiger partial charge in [0, 0.05) is 19.6 Å². The number of halogens is 2. The molecule has 0 saturated carbocycles. The van der Waals surface area contributed by atoms with E-state index in [1.807, 2.05) is 38.1 Å². The van der Waals surface area contributed by atoms with Gasteiger partial charge >= 0.3 is 0 Å². The first-order valence-corrected chi connectivity index (χ1v) is 14.1. The summed E-state index contributed by atoms with van der Waals surface area (Å²) < 4.78 is 27.7. The molecule has 1 N–H and O–H groups in total. The largest absolute Gasteiger partial charge is 0.352 e. The van der Waals surface area contributed by atoms with Crippen molar-refractivity contribution in [1.29, 1.82) is 0 Å². The topological polar surface area (TPSA) is 86.8 Å². The van der Waals surface area contributed by atoms with Crippen LogP contribution < -0.4 is 5.32 Å². The predicted molar refractivity (Wildman–Crippen MR) is 148 cm³/mol. The van der Waals surface area contributed by atoms with Crippen LogP contribution in [-0.2, 0) is 26.2 Å². The van der Waals surface area contributed by atoms with Crippen molar-refractivity contribution < 1.29 is 18.0 Å². The van der Waals surface area contributed by atoms with E-state index < -0.39 is 28.5 Å². The van der Waals surface area contributed by atoms with Gasteiger partial charge in [-0.05, 0) is 60.9 Å². The molecule has 0 fully saturated rings. The highest BCUT2D eigenvalue weighted by Crippen LogP contribution is 2.25. The van der Waals surface area contributed by atoms with Gasteiger partial charge in [0.15, 0.2) is 0 Å². The molecule has 7 nitrogen and oxygen atoms in total. The molecule has 198 valence electrons. The van der Waals surface area contributed by atoms with Crippen LogP contribution in [0.1, 0.15) is 32.8 Å². The number of amides is 2. The molecule has 37 heavy (non-hydrogen) atoms. The third kappa shape index (κ3) is 7.02. The van der Waals surface area contributed by atoms with E-state index in [4.69, 9.17) is 23.2 Å². The SMILES string of the molecule is CCC(C(=O)NC(C)C)N(Cc1ccc(Cl)c(Cl)c1)C(=O)CN(C)S(=O)(=O)c1ccc2ccccc2c1. The van der Waals surface area contributed by atoms with Crippen LogP contribution in [-0.4, -0.2) is 55.1 Å². The number of hydrogen-bond acceptors (Lipinski definition) is 4. The number of sulfonamides is 1. The van der Waals surface area contributed by atoms with Gasteiger partial charge < -0.3 is 10.2 Å². The maximum atomic E-state index is 13.6. The van der Waals surface area contributed by atoms with E-state index >= 15 is 0 Å². The minimum atomic E-state index is -3.97. The first-order valence-electron chi connectivity index (χ1n) is 11.9. The second-order valence-corrected chi connectivity index (χ2v) is 12.0. The zero-order chi connectivity index (χ0) is 27.3. The first-order chi connectivity index (χ1) is 17.4. The maximum Gasteiger partial charge on any atom is 0.243 e. The number of rotatable bonds is 10.